The molecule has 0 aliphatic rings. The smallest absolute Gasteiger partial charge is 0.337 e. The molecule has 0 fully saturated rings. The van der Waals surface area contributed by atoms with Crippen LogP contribution >= 0.6 is 0 Å². The van der Waals surface area contributed by atoms with Crippen molar-refractivity contribution in [2.75, 3.05) is 17.7 Å². The van der Waals surface area contributed by atoms with E-state index >= 15 is 0 Å². The fourth-order valence-corrected chi connectivity index (χ4v) is 4.62. The summed E-state index contributed by atoms with van der Waals surface area (Å²) in [6, 6.07) is 22.9. The Morgan fingerprint density at radius 2 is 1.85 bits per heavy atom. The molecule has 238 valence electrons. The lowest BCUT2D eigenvalue weighted by atomic mass is 10.1. The van der Waals surface area contributed by atoms with Crippen LogP contribution in [0.3, 0.4) is 0 Å². The highest BCUT2D eigenvalue weighted by atomic mass is 19.1. The number of hydrogen-bond donors (Lipinski definition) is 2. The summed E-state index contributed by atoms with van der Waals surface area (Å²) >= 11 is 0. The van der Waals surface area contributed by atoms with Crippen LogP contribution in [-0.2, 0) is 35.6 Å². The van der Waals surface area contributed by atoms with Gasteiger partial charge in [0.25, 0.3) is 0 Å². The maximum atomic E-state index is 14.1. The van der Waals surface area contributed by atoms with Gasteiger partial charge in [0.15, 0.2) is 11.6 Å². The number of anilines is 2. The van der Waals surface area contributed by atoms with E-state index in [0.717, 1.165) is 23.9 Å². The molecule has 1 amide bonds. The molecule has 5 rings (SSSR count). The Kier molecular flexibility index (Phi) is 10.4. The lowest BCUT2D eigenvalue weighted by Gasteiger charge is -2.15. The SMILES string of the molecule is CCn1cncc1CNc1cc(C(=O)OC)ccc1NC(=O)Cc1ccc(Oc2cccc(COc3ccc(C#N)cc3F)n2)cc1. The molecule has 0 unspecified atom stereocenters. The lowest BCUT2D eigenvalue weighted by Crippen LogP contribution is -2.16. The molecule has 0 aliphatic carbocycles. The van der Waals surface area contributed by atoms with E-state index in [4.69, 9.17) is 19.5 Å². The molecule has 3 aromatic carbocycles. The van der Waals surface area contributed by atoms with Crippen molar-refractivity contribution in [2.45, 2.75) is 33.0 Å². The first kappa shape index (κ1) is 32.2. The number of esters is 1. The Morgan fingerprint density at radius 1 is 1.02 bits per heavy atom. The molecule has 2 aromatic heterocycles. The Balaban J connectivity index is 1.19. The van der Waals surface area contributed by atoms with Gasteiger partial charge in [-0.05, 0) is 67.1 Å². The molecule has 0 saturated carbocycles. The topological polar surface area (TPSA) is 140 Å². The van der Waals surface area contributed by atoms with E-state index in [-0.39, 0.29) is 30.2 Å². The molecule has 2 N–H and O–H groups in total. The van der Waals surface area contributed by atoms with Gasteiger partial charge in [-0.3, -0.25) is 4.79 Å². The van der Waals surface area contributed by atoms with E-state index in [9.17, 15) is 14.0 Å². The van der Waals surface area contributed by atoms with Gasteiger partial charge >= 0.3 is 5.97 Å². The number of rotatable bonds is 13. The van der Waals surface area contributed by atoms with Gasteiger partial charge in [-0.1, -0.05) is 18.2 Å². The van der Waals surface area contributed by atoms with Gasteiger partial charge < -0.3 is 29.4 Å². The lowest BCUT2D eigenvalue weighted by molar-refractivity contribution is -0.115. The van der Waals surface area contributed by atoms with Crippen molar-refractivity contribution in [3.63, 3.8) is 0 Å². The average Bonchev–Trinajstić information content (AvgIpc) is 3.55. The summed E-state index contributed by atoms with van der Waals surface area (Å²) in [5.74, 6) is -0.527. The summed E-state index contributed by atoms with van der Waals surface area (Å²) in [7, 11) is 1.31. The number of nitrogens with one attached hydrogen (secondary N) is 2. The summed E-state index contributed by atoms with van der Waals surface area (Å²) in [6.07, 6.45) is 3.60. The van der Waals surface area contributed by atoms with Crippen molar-refractivity contribution in [1.82, 2.24) is 14.5 Å². The van der Waals surface area contributed by atoms with E-state index in [1.165, 1.54) is 19.2 Å². The Morgan fingerprint density at radius 3 is 2.60 bits per heavy atom. The molecular formula is C35H31FN6O5. The number of carbonyl (C=O) groups is 2. The van der Waals surface area contributed by atoms with Gasteiger partial charge in [0, 0.05) is 18.8 Å². The van der Waals surface area contributed by atoms with Gasteiger partial charge in [-0.15, -0.1) is 0 Å². The van der Waals surface area contributed by atoms with Gasteiger partial charge in [0.2, 0.25) is 11.8 Å². The molecule has 12 heteroatoms. The number of ether oxygens (including phenoxy) is 3. The highest BCUT2D eigenvalue weighted by molar-refractivity contribution is 5.98. The largest absolute Gasteiger partial charge is 0.484 e. The van der Waals surface area contributed by atoms with E-state index in [2.05, 4.69) is 20.6 Å². The summed E-state index contributed by atoms with van der Waals surface area (Å²) < 4.78 is 32.4. The van der Waals surface area contributed by atoms with Crippen molar-refractivity contribution >= 4 is 23.3 Å². The van der Waals surface area contributed by atoms with Crippen LogP contribution in [0.2, 0.25) is 0 Å². The quantitative estimate of drug-likeness (QED) is 0.144. The Bertz CT molecular complexity index is 1920. The van der Waals surface area contributed by atoms with E-state index in [1.807, 2.05) is 17.6 Å². The zero-order valence-electron chi connectivity index (χ0n) is 25.7. The highest BCUT2D eigenvalue weighted by Gasteiger charge is 2.14. The van der Waals surface area contributed by atoms with E-state index < -0.39 is 11.8 Å². The number of carbonyl (C=O) groups excluding carboxylic acids is 2. The number of nitrogens with zero attached hydrogens (tertiary/aromatic N) is 4. The number of imidazole rings is 1. The number of benzene rings is 3. The van der Waals surface area contributed by atoms with Crippen molar-refractivity contribution in [3.8, 4) is 23.4 Å². The van der Waals surface area contributed by atoms with Crippen molar-refractivity contribution in [3.05, 3.63) is 125 Å². The zero-order chi connectivity index (χ0) is 33.2. The molecule has 2 heterocycles. The fraction of sp³-hybridized carbons (Fsp3) is 0.171. The predicted octanol–water partition coefficient (Wildman–Crippen LogP) is 6.26. The molecule has 0 aliphatic heterocycles. The van der Waals surface area contributed by atoms with Gasteiger partial charge in [-0.25, -0.2) is 19.2 Å². The molecule has 11 nitrogen and oxygen atoms in total. The maximum Gasteiger partial charge on any atom is 0.337 e. The fourth-order valence-electron chi connectivity index (χ4n) is 4.62. The number of methoxy groups -OCH3 is 1. The van der Waals surface area contributed by atoms with Gasteiger partial charge in [0.1, 0.15) is 12.4 Å². The second kappa shape index (κ2) is 15.2. The molecule has 0 spiro atoms. The number of amides is 1. The average molecular weight is 635 g/mol. The summed E-state index contributed by atoms with van der Waals surface area (Å²) in [5, 5.41) is 15.1. The third-order valence-corrected chi connectivity index (χ3v) is 7.04. The summed E-state index contributed by atoms with van der Waals surface area (Å²) in [4.78, 5) is 33.8. The minimum absolute atomic E-state index is 0.000182. The third kappa shape index (κ3) is 8.49. The van der Waals surface area contributed by atoms with Crippen LogP contribution in [0.4, 0.5) is 15.8 Å². The molecule has 47 heavy (non-hydrogen) atoms. The minimum atomic E-state index is -0.630. The number of halogens is 1. The van der Waals surface area contributed by atoms with Crippen molar-refractivity contribution < 1.29 is 28.2 Å². The first-order valence-corrected chi connectivity index (χ1v) is 14.7. The van der Waals surface area contributed by atoms with Crippen LogP contribution < -0.4 is 20.1 Å². The van der Waals surface area contributed by atoms with Crippen LogP contribution in [-0.4, -0.2) is 33.5 Å². The molecule has 0 atom stereocenters. The van der Waals surface area contributed by atoms with Crippen LogP contribution in [0.25, 0.3) is 0 Å². The summed E-state index contributed by atoms with van der Waals surface area (Å²) in [5.41, 5.74) is 3.85. The minimum Gasteiger partial charge on any atom is -0.484 e. The van der Waals surface area contributed by atoms with Gasteiger partial charge in [0.05, 0.1) is 66.4 Å². The second-order valence-electron chi connectivity index (χ2n) is 10.3. The molecule has 0 bridgehead atoms. The molecular weight excluding hydrogens is 603 g/mol. The number of aromatic nitrogens is 3. The zero-order valence-corrected chi connectivity index (χ0v) is 25.7. The van der Waals surface area contributed by atoms with Gasteiger partial charge in [-0.2, -0.15) is 5.26 Å². The van der Waals surface area contributed by atoms with Crippen LogP contribution in [0.1, 0.15) is 39.8 Å². The van der Waals surface area contributed by atoms with Crippen LogP contribution in [0, 0.1) is 17.1 Å². The maximum absolute atomic E-state index is 14.1. The van der Waals surface area contributed by atoms with Crippen molar-refractivity contribution in [2.24, 2.45) is 0 Å². The Labute approximate surface area is 270 Å². The third-order valence-electron chi connectivity index (χ3n) is 7.04. The molecule has 5 aromatic rings. The summed E-state index contributed by atoms with van der Waals surface area (Å²) in [6.45, 7) is 3.21. The molecule has 0 radical (unpaired) electrons. The second-order valence-corrected chi connectivity index (χ2v) is 10.3. The number of aryl methyl sites for hydroxylation is 1. The number of pyridine rings is 1. The van der Waals surface area contributed by atoms with Crippen LogP contribution in [0.5, 0.6) is 17.4 Å². The van der Waals surface area contributed by atoms with E-state index in [0.29, 0.717) is 40.8 Å². The number of nitriles is 1. The predicted molar refractivity (Wildman–Crippen MR) is 172 cm³/mol. The monoisotopic (exact) mass is 634 g/mol. The first-order chi connectivity index (χ1) is 22.8. The highest BCUT2D eigenvalue weighted by Crippen LogP contribution is 2.26. The normalized spacial score (nSPS) is 10.5. The number of hydrogen-bond acceptors (Lipinski definition) is 9. The standard InChI is InChI=1S/C35H31FN6O5/c1-3-42-22-38-19-27(42)20-39-31-17-25(35(44)45-2)10-13-30(31)41-33(43)16-23-7-11-28(12-8-23)47-34-6-4-5-26(40-34)21-46-32-14-9-24(18-37)15-29(32)36/h4-15,17,19,22,39H,3,16,20-21H2,1-2H3,(H,41,43). The molecule has 0 saturated heterocycles. The first-order valence-electron chi connectivity index (χ1n) is 14.7. The van der Waals surface area contributed by atoms with Crippen molar-refractivity contribution in [1.29, 1.82) is 5.26 Å². The Hall–Kier alpha value is -6.22. The van der Waals surface area contributed by atoms with Crippen LogP contribution in [0.15, 0.2) is 91.4 Å². The van der Waals surface area contributed by atoms with E-state index in [1.54, 1.807) is 73.2 Å².